The number of ether oxygens (including phenoxy) is 2. The van der Waals surface area contributed by atoms with E-state index in [1.807, 2.05) is 42.5 Å². The van der Waals surface area contributed by atoms with E-state index in [2.05, 4.69) is 21.9 Å². The lowest BCUT2D eigenvalue weighted by Crippen LogP contribution is -2.54. The molecule has 0 bridgehead atoms. The Morgan fingerprint density at radius 1 is 0.941 bits per heavy atom. The second-order valence-electron chi connectivity index (χ2n) is 8.69. The van der Waals surface area contributed by atoms with E-state index in [-0.39, 0.29) is 11.7 Å². The Balaban J connectivity index is 1.67. The monoisotopic (exact) mass is 463 g/mol. The Morgan fingerprint density at radius 3 is 2.29 bits per heavy atom. The van der Waals surface area contributed by atoms with Gasteiger partial charge in [-0.25, -0.2) is 0 Å². The Bertz CT molecular complexity index is 1030. The molecule has 2 aliphatic heterocycles. The van der Waals surface area contributed by atoms with Crippen molar-refractivity contribution in [2.45, 2.75) is 13.0 Å². The summed E-state index contributed by atoms with van der Waals surface area (Å²) in [6.45, 7) is 5.72. The number of anilines is 1. The number of allylic oxidation sites excluding steroid dienone is 2. The summed E-state index contributed by atoms with van der Waals surface area (Å²) in [5.74, 6) is -0.477. The van der Waals surface area contributed by atoms with Crippen LogP contribution in [0.3, 0.4) is 0 Å². The summed E-state index contributed by atoms with van der Waals surface area (Å²) in [7, 11) is 3.24. The zero-order valence-electron chi connectivity index (χ0n) is 20.1. The predicted molar refractivity (Wildman–Crippen MR) is 132 cm³/mol. The molecule has 180 valence electrons. The Hall–Kier alpha value is -3.16. The normalized spacial score (nSPS) is 20.3. The molecule has 2 unspecified atom stereocenters. The maximum Gasteiger partial charge on any atom is 0.239 e. The maximum absolute atomic E-state index is 13.7. The van der Waals surface area contributed by atoms with E-state index in [0.717, 1.165) is 31.7 Å². The second-order valence-corrected chi connectivity index (χ2v) is 8.69. The van der Waals surface area contributed by atoms with Gasteiger partial charge < -0.3 is 19.3 Å². The molecule has 1 amide bonds. The lowest BCUT2D eigenvalue weighted by atomic mass is 9.83. The van der Waals surface area contributed by atoms with Crippen LogP contribution in [0.15, 0.2) is 66.4 Å². The second kappa shape index (κ2) is 10.8. The molecule has 0 spiro atoms. The summed E-state index contributed by atoms with van der Waals surface area (Å²) in [5.41, 5.74) is 2.71. The number of hydrogen-bond acceptors (Lipinski definition) is 6. The standard InChI is InChI=1S/C27H33N3O4/c1-20-19-23(31)25(27(32)30(20)17-18-33-2)26(22-11-7-8-12-24(22)34-3)29-15-13-28(14-16-29)21-9-5-4-6-10-21/h4-12,19,25-26H,13-18H2,1-3H3. The van der Waals surface area contributed by atoms with Crippen molar-refractivity contribution in [3.05, 3.63) is 71.9 Å². The van der Waals surface area contributed by atoms with Crippen LogP contribution in [-0.2, 0) is 14.3 Å². The van der Waals surface area contributed by atoms with Crippen molar-refractivity contribution < 1.29 is 19.1 Å². The van der Waals surface area contributed by atoms with Crippen LogP contribution < -0.4 is 9.64 Å². The van der Waals surface area contributed by atoms with Crippen LogP contribution in [0.1, 0.15) is 18.5 Å². The Kier molecular flexibility index (Phi) is 7.65. The first-order valence-corrected chi connectivity index (χ1v) is 11.7. The van der Waals surface area contributed by atoms with Gasteiger partial charge in [-0.15, -0.1) is 0 Å². The average molecular weight is 464 g/mol. The predicted octanol–water partition coefficient (Wildman–Crippen LogP) is 3.14. The minimum absolute atomic E-state index is 0.155. The molecule has 7 heteroatoms. The Labute approximate surface area is 201 Å². The third-order valence-corrected chi connectivity index (χ3v) is 6.74. The van der Waals surface area contributed by atoms with Gasteiger partial charge in [0.15, 0.2) is 5.78 Å². The summed E-state index contributed by atoms with van der Waals surface area (Å²) in [6, 6.07) is 17.6. The fourth-order valence-electron chi connectivity index (χ4n) is 4.99. The summed E-state index contributed by atoms with van der Waals surface area (Å²) in [4.78, 5) is 33.4. The van der Waals surface area contributed by atoms with Crippen LogP contribution in [0.25, 0.3) is 0 Å². The molecular weight excluding hydrogens is 430 g/mol. The van der Waals surface area contributed by atoms with Gasteiger partial charge in [-0.1, -0.05) is 36.4 Å². The van der Waals surface area contributed by atoms with Crippen LogP contribution in [-0.4, -0.2) is 75.0 Å². The number of benzene rings is 2. The zero-order valence-corrected chi connectivity index (χ0v) is 20.1. The molecule has 0 radical (unpaired) electrons. The number of ketones is 1. The molecule has 2 aromatic carbocycles. The van der Waals surface area contributed by atoms with Gasteiger partial charge in [0, 0.05) is 62.9 Å². The van der Waals surface area contributed by atoms with E-state index in [0.29, 0.717) is 24.6 Å². The molecule has 34 heavy (non-hydrogen) atoms. The van der Waals surface area contributed by atoms with Crippen molar-refractivity contribution in [2.75, 3.05) is 58.5 Å². The summed E-state index contributed by atoms with van der Waals surface area (Å²) in [6.07, 6.45) is 1.60. The lowest BCUT2D eigenvalue weighted by Gasteiger charge is -2.44. The van der Waals surface area contributed by atoms with E-state index in [1.165, 1.54) is 5.69 Å². The largest absolute Gasteiger partial charge is 0.496 e. The minimum Gasteiger partial charge on any atom is -0.496 e. The quantitative estimate of drug-likeness (QED) is 0.561. The molecule has 0 aromatic heterocycles. The summed E-state index contributed by atoms with van der Waals surface area (Å²) in [5, 5.41) is 0. The van der Waals surface area contributed by atoms with Gasteiger partial charge in [-0.3, -0.25) is 14.5 Å². The molecule has 0 saturated carbocycles. The number of carbonyl (C=O) groups is 2. The maximum atomic E-state index is 13.7. The number of methoxy groups -OCH3 is 2. The van der Waals surface area contributed by atoms with Crippen molar-refractivity contribution in [1.29, 1.82) is 0 Å². The van der Waals surface area contributed by atoms with Crippen molar-refractivity contribution in [2.24, 2.45) is 5.92 Å². The molecule has 1 fully saturated rings. The number of rotatable bonds is 8. The Morgan fingerprint density at radius 2 is 1.62 bits per heavy atom. The van der Waals surface area contributed by atoms with E-state index in [4.69, 9.17) is 9.47 Å². The molecule has 0 aliphatic carbocycles. The number of amides is 1. The molecular formula is C27H33N3O4. The fraction of sp³-hybridized carbons (Fsp3) is 0.407. The molecule has 1 saturated heterocycles. The van der Waals surface area contributed by atoms with Crippen molar-refractivity contribution in [1.82, 2.24) is 9.80 Å². The van der Waals surface area contributed by atoms with Gasteiger partial charge in [0.1, 0.15) is 11.7 Å². The van der Waals surface area contributed by atoms with E-state index in [1.54, 1.807) is 32.1 Å². The van der Waals surface area contributed by atoms with Crippen molar-refractivity contribution >= 4 is 17.4 Å². The number of carbonyl (C=O) groups excluding carboxylic acids is 2. The van der Waals surface area contributed by atoms with Gasteiger partial charge in [-0.2, -0.15) is 0 Å². The first-order valence-electron chi connectivity index (χ1n) is 11.7. The lowest BCUT2D eigenvalue weighted by molar-refractivity contribution is -0.143. The molecule has 4 rings (SSSR count). The third-order valence-electron chi connectivity index (χ3n) is 6.74. The zero-order chi connectivity index (χ0) is 24.1. The highest BCUT2D eigenvalue weighted by molar-refractivity contribution is 6.10. The van der Waals surface area contributed by atoms with Gasteiger partial charge in [0.25, 0.3) is 0 Å². The smallest absolute Gasteiger partial charge is 0.239 e. The van der Waals surface area contributed by atoms with Crippen LogP contribution in [0, 0.1) is 5.92 Å². The first-order chi connectivity index (χ1) is 16.5. The van der Waals surface area contributed by atoms with Crippen LogP contribution in [0.4, 0.5) is 5.69 Å². The molecule has 2 aromatic rings. The molecule has 0 N–H and O–H groups in total. The van der Waals surface area contributed by atoms with Crippen molar-refractivity contribution in [3.63, 3.8) is 0 Å². The highest BCUT2D eigenvalue weighted by atomic mass is 16.5. The van der Waals surface area contributed by atoms with Crippen molar-refractivity contribution in [3.8, 4) is 5.75 Å². The third kappa shape index (κ3) is 4.86. The van der Waals surface area contributed by atoms with E-state index < -0.39 is 12.0 Å². The highest BCUT2D eigenvalue weighted by Gasteiger charge is 2.44. The summed E-state index contributed by atoms with van der Waals surface area (Å²) < 4.78 is 10.9. The topological polar surface area (TPSA) is 62.3 Å². The number of hydrogen-bond donors (Lipinski definition) is 0. The number of piperazine rings is 1. The number of nitrogens with zero attached hydrogens (tertiary/aromatic N) is 3. The van der Waals surface area contributed by atoms with Gasteiger partial charge in [-0.05, 0) is 25.1 Å². The molecule has 2 atom stereocenters. The SMILES string of the molecule is COCCN1C(=O)C(C(c2ccccc2OC)N2CCN(c3ccccc3)CC2)C(=O)C=C1C. The van der Waals surface area contributed by atoms with Crippen LogP contribution >= 0.6 is 0 Å². The average Bonchev–Trinajstić information content (AvgIpc) is 2.87. The van der Waals surface area contributed by atoms with Gasteiger partial charge >= 0.3 is 0 Å². The number of para-hydroxylation sites is 2. The highest BCUT2D eigenvalue weighted by Crippen LogP contribution is 2.39. The van der Waals surface area contributed by atoms with Gasteiger partial charge in [0.05, 0.1) is 19.8 Å². The minimum atomic E-state index is -0.833. The van der Waals surface area contributed by atoms with Gasteiger partial charge in [0.2, 0.25) is 5.91 Å². The molecule has 2 aliphatic rings. The summed E-state index contributed by atoms with van der Waals surface area (Å²) >= 11 is 0. The van der Waals surface area contributed by atoms with Crippen LogP contribution in [0.5, 0.6) is 5.75 Å². The molecule has 7 nitrogen and oxygen atoms in total. The first kappa shape index (κ1) is 24.0. The fourth-order valence-corrected chi connectivity index (χ4v) is 4.99. The van der Waals surface area contributed by atoms with E-state index in [9.17, 15) is 9.59 Å². The van der Waals surface area contributed by atoms with E-state index >= 15 is 0 Å². The van der Waals surface area contributed by atoms with Crippen LogP contribution in [0.2, 0.25) is 0 Å². The molecule has 2 heterocycles.